The molecule has 6 nitrogen and oxygen atoms in total. The van der Waals surface area contributed by atoms with Crippen molar-refractivity contribution in [3.05, 3.63) is 129 Å². The molecule has 0 spiro atoms. The Morgan fingerprint density at radius 2 is 1.78 bits per heavy atom. The van der Waals surface area contributed by atoms with Crippen molar-refractivity contribution >= 4 is 5.82 Å². The van der Waals surface area contributed by atoms with Crippen LogP contribution in [0.2, 0.25) is 0 Å². The number of hydrogen-bond donors (Lipinski definition) is 1. The Labute approximate surface area is 211 Å². The minimum atomic E-state index is -0.395. The lowest BCUT2D eigenvalue weighted by atomic mass is 9.88. The van der Waals surface area contributed by atoms with Gasteiger partial charge in [-0.1, -0.05) is 73.9 Å². The lowest BCUT2D eigenvalue weighted by Gasteiger charge is -2.34. The van der Waals surface area contributed by atoms with Crippen LogP contribution in [0.15, 0.2) is 101 Å². The van der Waals surface area contributed by atoms with Crippen molar-refractivity contribution in [3.63, 3.8) is 0 Å². The fourth-order valence-corrected chi connectivity index (χ4v) is 4.87. The second-order valence-electron chi connectivity index (χ2n) is 9.03. The van der Waals surface area contributed by atoms with Gasteiger partial charge in [-0.3, -0.25) is 14.3 Å². The zero-order valence-corrected chi connectivity index (χ0v) is 20.8. The predicted molar refractivity (Wildman–Crippen MR) is 146 cm³/mol. The van der Waals surface area contributed by atoms with Gasteiger partial charge in [0.05, 0.1) is 19.2 Å². The van der Waals surface area contributed by atoms with Crippen molar-refractivity contribution < 1.29 is 4.74 Å². The molecule has 0 bridgehead atoms. The largest absolute Gasteiger partial charge is 0.497 e. The first kappa shape index (κ1) is 25.0. The number of anilines is 1. The minimum Gasteiger partial charge on any atom is -0.497 e. The molecular formula is C30H33N3O3. The molecule has 3 aromatic rings. The molecule has 1 N–H and O–H groups in total. The van der Waals surface area contributed by atoms with Crippen molar-refractivity contribution in [1.29, 1.82) is 0 Å². The van der Waals surface area contributed by atoms with Gasteiger partial charge in [0.1, 0.15) is 11.6 Å². The Kier molecular flexibility index (Phi) is 8.06. The number of ether oxygens (including phenoxy) is 1. The fraction of sp³-hybridized carbons (Fsp3) is 0.267. The number of aromatic nitrogens is 2. The molecule has 1 fully saturated rings. The Bertz CT molecular complexity index is 1360. The van der Waals surface area contributed by atoms with Crippen LogP contribution in [0, 0.1) is 5.92 Å². The highest BCUT2D eigenvalue weighted by Crippen LogP contribution is 2.29. The van der Waals surface area contributed by atoms with Crippen LogP contribution in [0.1, 0.15) is 29.5 Å². The van der Waals surface area contributed by atoms with Crippen LogP contribution in [-0.2, 0) is 13.0 Å². The molecule has 1 aliphatic rings. The normalized spacial score (nSPS) is 14.5. The van der Waals surface area contributed by atoms with E-state index >= 15 is 0 Å². The van der Waals surface area contributed by atoms with Crippen molar-refractivity contribution in [1.82, 2.24) is 9.55 Å². The van der Waals surface area contributed by atoms with Crippen LogP contribution in [0.4, 0.5) is 5.82 Å². The molecule has 2 heterocycles. The van der Waals surface area contributed by atoms with E-state index in [1.54, 1.807) is 13.2 Å². The van der Waals surface area contributed by atoms with Gasteiger partial charge in [0.15, 0.2) is 0 Å². The van der Waals surface area contributed by atoms with E-state index in [9.17, 15) is 9.59 Å². The number of H-pyrrole nitrogens is 1. The number of aromatic amines is 1. The summed E-state index contributed by atoms with van der Waals surface area (Å²) >= 11 is 0. The molecule has 0 aliphatic carbocycles. The average Bonchev–Trinajstić information content (AvgIpc) is 2.92. The third-order valence-electron chi connectivity index (χ3n) is 6.79. The minimum absolute atomic E-state index is 0.220. The highest BCUT2D eigenvalue weighted by molar-refractivity contribution is 5.49. The van der Waals surface area contributed by atoms with Gasteiger partial charge in [0.25, 0.3) is 5.56 Å². The molecule has 2 aromatic carbocycles. The number of rotatable bonds is 9. The smallest absolute Gasteiger partial charge is 0.330 e. The number of nitrogens with zero attached hydrogens (tertiary/aromatic N) is 2. The first-order valence-electron chi connectivity index (χ1n) is 12.3. The summed E-state index contributed by atoms with van der Waals surface area (Å²) in [5.74, 6) is 1.72. The summed E-state index contributed by atoms with van der Waals surface area (Å²) < 4.78 is 6.68. The maximum absolute atomic E-state index is 13.8. The van der Waals surface area contributed by atoms with Crippen LogP contribution in [0.3, 0.4) is 0 Å². The average molecular weight is 484 g/mol. The highest BCUT2D eigenvalue weighted by atomic mass is 16.5. The van der Waals surface area contributed by atoms with Crippen LogP contribution in [0.25, 0.3) is 0 Å². The van der Waals surface area contributed by atoms with E-state index in [4.69, 9.17) is 4.74 Å². The van der Waals surface area contributed by atoms with Crippen molar-refractivity contribution in [2.75, 3.05) is 25.1 Å². The third-order valence-corrected chi connectivity index (χ3v) is 6.79. The lowest BCUT2D eigenvalue weighted by molar-refractivity contribution is 0.414. The number of methoxy groups -OCH3 is 1. The molecule has 0 radical (unpaired) electrons. The van der Waals surface area contributed by atoms with Gasteiger partial charge in [0, 0.05) is 19.5 Å². The van der Waals surface area contributed by atoms with E-state index in [1.807, 2.05) is 66.7 Å². The number of hydrogen-bond acceptors (Lipinski definition) is 4. The Balaban J connectivity index is 1.72. The van der Waals surface area contributed by atoms with Crippen molar-refractivity contribution in [2.45, 2.75) is 25.8 Å². The van der Waals surface area contributed by atoms with Gasteiger partial charge in [-0.15, -0.1) is 0 Å². The molecule has 186 valence electrons. The van der Waals surface area contributed by atoms with Gasteiger partial charge in [-0.25, -0.2) is 4.79 Å². The fourth-order valence-electron chi connectivity index (χ4n) is 4.87. The summed E-state index contributed by atoms with van der Waals surface area (Å²) in [4.78, 5) is 32.1. The van der Waals surface area contributed by atoms with Gasteiger partial charge >= 0.3 is 5.69 Å². The highest BCUT2D eigenvalue weighted by Gasteiger charge is 2.25. The summed E-state index contributed by atoms with van der Waals surface area (Å²) in [6, 6.07) is 17.3. The van der Waals surface area contributed by atoms with Gasteiger partial charge < -0.3 is 9.64 Å². The molecule has 1 aromatic heterocycles. The first-order chi connectivity index (χ1) is 17.5. The Morgan fingerprint density at radius 3 is 2.44 bits per heavy atom. The summed E-state index contributed by atoms with van der Waals surface area (Å²) in [6.45, 7) is 9.43. The zero-order chi connectivity index (χ0) is 25.5. The summed E-state index contributed by atoms with van der Waals surface area (Å²) in [6.07, 6.45) is 7.89. The summed E-state index contributed by atoms with van der Waals surface area (Å²) in [5.41, 5.74) is 2.95. The summed E-state index contributed by atoms with van der Waals surface area (Å²) in [7, 11) is 1.62. The van der Waals surface area contributed by atoms with E-state index in [0.29, 0.717) is 23.7 Å². The number of piperidine rings is 1. The number of allylic oxidation sites excluding steroid dienone is 4. The molecule has 0 saturated carbocycles. The molecule has 36 heavy (non-hydrogen) atoms. The van der Waals surface area contributed by atoms with E-state index < -0.39 is 5.69 Å². The number of nitrogens with one attached hydrogen (secondary N) is 1. The predicted octanol–water partition coefficient (Wildman–Crippen LogP) is 4.70. The zero-order valence-electron chi connectivity index (χ0n) is 20.8. The molecule has 0 amide bonds. The summed E-state index contributed by atoms with van der Waals surface area (Å²) in [5, 5.41) is 0. The maximum atomic E-state index is 13.8. The van der Waals surface area contributed by atoms with Crippen molar-refractivity contribution in [3.8, 4) is 5.75 Å². The molecule has 1 aliphatic heterocycles. The SMILES string of the molecule is C=C/C=C(\C=C)C1CCN(c2[nH]c(=O)n(Cc3ccccc3)c(=O)c2Cc2cccc(OC)c2)CC1. The van der Waals surface area contributed by atoms with Gasteiger partial charge in [-0.05, 0) is 47.6 Å². The molecular weight excluding hydrogens is 450 g/mol. The van der Waals surface area contributed by atoms with Crippen LogP contribution >= 0.6 is 0 Å². The van der Waals surface area contributed by atoms with E-state index in [0.717, 1.165) is 42.8 Å². The van der Waals surface area contributed by atoms with E-state index in [-0.39, 0.29) is 12.1 Å². The molecule has 0 unspecified atom stereocenters. The van der Waals surface area contributed by atoms with Crippen LogP contribution in [-0.4, -0.2) is 29.8 Å². The maximum Gasteiger partial charge on any atom is 0.330 e. The van der Waals surface area contributed by atoms with E-state index in [1.165, 1.54) is 10.1 Å². The quantitative estimate of drug-likeness (QED) is 0.448. The van der Waals surface area contributed by atoms with Crippen molar-refractivity contribution in [2.24, 2.45) is 5.92 Å². The molecule has 1 saturated heterocycles. The Morgan fingerprint density at radius 1 is 1.06 bits per heavy atom. The van der Waals surface area contributed by atoms with E-state index in [2.05, 4.69) is 23.0 Å². The second-order valence-corrected chi connectivity index (χ2v) is 9.03. The number of benzene rings is 2. The second kappa shape index (κ2) is 11.6. The third kappa shape index (κ3) is 5.60. The first-order valence-corrected chi connectivity index (χ1v) is 12.3. The van der Waals surface area contributed by atoms with Crippen LogP contribution < -0.4 is 20.9 Å². The van der Waals surface area contributed by atoms with Gasteiger partial charge in [-0.2, -0.15) is 0 Å². The topological polar surface area (TPSA) is 67.3 Å². The monoisotopic (exact) mass is 483 g/mol. The van der Waals surface area contributed by atoms with Crippen LogP contribution in [0.5, 0.6) is 5.75 Å². The molecule has 0 atom stereocenters. The molecule has 6 heteroatoms. The standard InChI is InChI=1S/C30H33N3O3/c1-4-10-24(5-2)25-15-17-32(18-16-25)28-27(20-23-13-9-14-26(19-23)36-3)29(34)33(30(35)31-28)21-22-11-7-6-8-12-22/h4-14,19,25H,1-2,15-18,20-21H2,3H3,(H,31,35)/b24-10+. The van der Waals surface area contributed by atoms with Gasteiger partial charge in [0.2, 0.25) is 0 Å². The molecule has 4 rings (SSSR count). The lowest BCUT2D eigenvalue weighted by Crippen LogP contribution is -2.43. The Hall–Kier alpha value is -4.06.